The highest BCUT2D eigenvalue weighted by molar-refractivity contribution is 5.74. The Hall–Kier alpha value is -2.63. The summed E-state index contributed by atoms with van der Waals surface area (Å²) in [5, 5.41) is 5.37. The summed E-state index contributed by atoms with van der Waals surface area (Å²) < 4.78 is 31.2. The molecular weight excluding hydrogens is 302 g/mol. The molecule has 6 heteroatoms. The molecule has 122 valence electrons. The summed E-state index contributed by atoms with van der Waals surface area (Å²) in [7, 11) is 1.57. The molecule has 0 radical (unpaired) electrons. The Kier molecular flexibility index (Phi) is 5.51. The second-order valence-electron chi connectivity index (χ2n) is 5.07. The van der Waals surface area contributed by atoms with E-state index in [1.807, 2.05) is 24.3 Å². The number of nitrogens with one attached hydrogen (secondary N) is 2. The van der Waals surface area contributed by atoms with Crippen molar-refractivity contribution >= 4 is 6.03 Å². The zero-order valence-corrected chi connectivity index (χ0v) is 12.9. The van der Waals surface area contributed by atoms with Crippen molar-refractivity contribution in [2.75, 3.05) is 7.11 Å². The van der Waals surface area contributed by atoms with Gasteiger partial charge < -0.3 is 15.4 Å². The van der Waals surface area contributed by atoms with Crippen molar-refractivity contribution in [2.45, 2.75) is 19.5 Å². The molecular formula is C17H18F2N2O2. The van der Waals surface area contributed by atoms with Gasteiger partial charge in [0.1, 0.15) is 5.75 Å². The summed E-state index contributed by atoms with van der Waals surface area (Å²) in [4.78, 5) is 11.9. The van der Waals surface area contributed by atoms with Crippen molar-refractivity contribution in [2.24, 2.45) is 0 Å². The van der Waals surface area contributed by atoms with E-state index in [1.54, 1.807) is 14.0 Å². The molecule has 0 heterocycles. The highest BCUT2D eigenvalue weighted by Gasteiger charge is 2.11. The van der Waals surface area contributed by atoms with Crippen LogP contribution in [0.5, 0.6) is 5.75 Å². The molecule has 2 N–H and O–H groups in total. The van der Waals surface area contributed by atoms with Gasteiger partial charge >= 0.3 is 6.03 Å². The molecule has 23 heavy (non-hydrogen) atoms. The Bertz CT molecular complexity index is 692. The van der Waals surface area contributed by atoms with Gasteiger partial charge in [-0.05, 0) is 42.3 Å². The van der Waals surface area contributed by atoms with E-state index in [9.17, 15) is 13.6 Å². The minimum absolute atomic E-state index is 0.327. The van der Waals surface area contributed by atoms with Crippen LogP contribution in [0.3, 0.4) is 0 Å². The smallest absolute Gasteiger partial charge is 0.315 e. The van der Waals surface area contributed by atoms with Gasteiger partial charge in [0.25, 0.3) is 0 Å². The van der Waals surface area contributed by atoms with E-state index in [1.165, 1.54) is 6.07 Å². The molecule has 0 bridgehead atoms. The van der Waals surface area contributed by atoms with Crippen LogP contribution < -0.4 is 15.4 Å². The molecule has 2 amide bonds. The molecule has 2 rings (SSSR count). The summed E-state index contributed by atoms with van der Waals surface area (Å²) in [6.07, 6.45) is 0. The van der Waals surface area contributed by atoms with Crippen molar-refractivity contribution in [1.82, 2.24) is 10.6 Å². The van der Waals surface area contributed by atoms with Gasteiger partial charge in [-0.1, -0.05) is 18.2 Å². The topological polar surface area (TPSA) is 50.4 Å². The second kappa shape index (κ2) is 7.58. The monoisotopic (exact) mass is 320 g/mol. The maximum absolute atomic E-state index is 13.2. The van der Waals surface area contributed by atoms with E-state index >= 15 is 0 Å². The van der Waals surface area contributed by atoms with Crippen molar-refractivity contribution in [3.05, 3.63) is 65.2 Å². The fourth-order valence-corrected chi connectivity index (χ4v) is 2.08. The number of ether oxygens (including phenoxy) is 1. The van der Waals surface area contributed by atoms with Crippen LogP contribution in [0.15, 0.2) is 42.5 Å². The lowest BCUT2D eigenvalue weighted by Crippen LogP contribution is -2.36. The standard InChI is InChI=1S/C17H18F2N2O2/c1-11(13-6-7-15(18)16(19)9-13)21-17(22)20-10-12-4-3-5-14(8-12)23-2/h3-9,11H,10H2,1-2H3,(H2,20,21,22). The van der Waals surface area contributed by atoms with E-state index in [2.05, 4.69) is 10.6 Å². The molecule has 2 aromatic carbocycles. The van der Waals surface area contributed by atoms with Crippen LogP contribution >= 0.6 is 0 Å². The van der Waals surface area contributed by atoms with Crippen LogP contribution in [0, 0.1) is 11.6 Å². The fraction of sp³-hybridized carbons (Fsp3) is 0.235. The fourth-order valence-electron chi connectivity index (χ4n) is 2.08. The minimum Gasteiger partial charge on any atom is -0.497 e. The van der Waals surface area contributed by atoms with Gasteiger partial charge in [-0.3, -0.25) is 0 Å². The van der Waals surface area contributed by atoms with Crippen LogP contribution in [0.1, 0.15) is 24.1 Å². The first kappa shape index (κ1) is 16.7. The highest BCUT2D eigenvalue weighted by atomic mass is 19.2. The van der Waals surface area contributed by atoms with E-state index in [4.69, 9.17) is 4.74 Å². The van der Waals surface area contributed by atoms with Gasteiger partial charge in [-0.15, -0.1) is 0 Å². The van der Waals surface area contributed by atoms with Crippen LogP contribution in [-0.2, 0) is 6.54 Å². The zero-order chi connectivity index (χ0) is 16.8. The van der Waals surface area contributed by atoms with Gasteiger partial charge in [0.15, 0.2) is 11.6 Å². The molecule has 1 atom stereocenters. The van der Waals surface area contributed by atoms with Gasteiger partial charge in [-0.2, -0.15) is 0 Å². The number of urea groups is 1. The molecule has 0 saturated carbocycles. The van der Waals surface area contributed by atoms with Crippen LogP contribution in [0.4, 0.5) is 13.6 Å². The lowest BCUT2D eigenvalue weighted by molar-refractivity contribution is 0.237. The maximum Gasteiger partial charge on any atom is 0.315 e. The number of amides is 2. The number of carbonyl (C=O) groups is 1. The highest BCUT2D eigenvalue weighted by Crippen LogP contribution is 2.16. The van der Waals surface area contributed by atoms with Gasteiger partial charge in [0.05, 0.1) is 13.2 Å². The first-order chi connectivity index (χ1) is 11.0. The van der Waals surface area contributed by atoms with E-state index in [0.29, 0.717) is 17.9 Å². The SMILES string of the molecule is COc1cccc(CNC(=O)NC(C)c2ccc(F)c(F)c2)c1. The van der Waals surface area contributed by atoms with Gasteiger partial charge in [-0.25, -0.2) is 13.6 Å². The Morgan fingerprint density at radius 3 is 2.65 bits per heavy atom. The van der Waals surface area contributed by atoms with E-state index < -0.39 is 23.7 Å². The summed E-state index contributed by atoms with van der Waals surface area (Å²) in [6.45, 7) is 2.02. The molecule has 0 saturated heterocycles. The summed E-state index contributed by atoms with van der Waals surface area (Å²) >= 11 is 0. The van der Waals surface area contributed by atoms with E-state index in [0.717, 1.165) is 17.7 Å². The number of hydrogen-bond acceptors (Lipinski definition) is 2. The third-order valence-corrected chi connectivity index (χ3v) is 3.38. The largest absolute Gasteiger partial charge is 0.497 e. The molecule has 0 fully saturated rings. The second-order valence-corrected chi connectivity index (χ2v) is 5.07. The summed E-state index contributed by atoms with van der Waals surface area (Å²) in [5.74, 6) is -1.14. The van der Waals surface area contributed by atoms with Crippen molar-refractivity contribution in [3.63, 3.8) is 0 Å². The van der Waals surface area contributed by atoms with Crippen LogP contribution in [0.25, 0.3) is 0 Å². The van der Waals surface area contributed by atoms with Gasteiger partial charge in [0.2, 0.25) is 0 Å². The average Bonchev–Trinajstić information content (AvgIpc) is 2.55. The van der Waals surface area contributed by atoms with E-state index in [-0.39, 0.29) is 0 Å². The molecule has 1 unspecified atom stereocenters. The molecule has 0 aliphatic carbocycles. The maximum atomic E-state index is 13.2. The molecule has 0 aromatic heterocycles. The third kappa shape index (κ3) is 4.67. The first-order valence-corrected chi connectivity index (χ1v) is 7.12. The van der Waals surface area contributed by atoms with Crippen molar-refractivity contribution in [3.8, 4) is 5.75 Å². The Balaban J connectivity index is 1.89. The quantitative estimate of drug-likeness (QED) is 0.885. The number of benzene rings is 2. The van der Waals surface area contributed by atoms with Crippen LogP contribution in [-0.4, -0.2) is 13.1 Å². The normalized spacial score (nSPS) is 11.7. The van der Waals surface area contributed by atoms with Crippen LogP contribution in [0.2, 0.25) is 0 Å². The van der Waals surface area contributed by atoms with Gasteiger partial charge in [0, 0.05) is 6.54 Å². The average molecular weight is 320 g/mol. The molecule has 2 aromatic rings. The Morgan fingerprint density at radius 2 is 1.96 bits per heavy atom. The van der Waals surface area contributed by atoms with Crippen molar-refractivity contribution < 1.29 is 18.3 Å². The zero-order valence-electron chi connectivity index (χ0n) is 12.9. The Morgan fingerprint density at radius 1 is 1.17 bits per heavy atom. The lowest BCUT2D eigenvalue weighted by Gasteiger charge is -2.15. The minimum atomic E-state index is -0.937. The number of hydrogen-bond donors (Lipinski definition) is 2. The molecule has 0 aliphatic rings. The predicted molar refractivity (Wildman–Crippen MR) is 83.1 cm³/mol. The Labute approximate surface area is 133 Å². The number of rotatable bonds is 5. The first-order valence-electron chi connectivity index (χ1n) is 7.12. The molecule has 0 aliphatic heterocycles. The number of methoxy groups -OCH3 is 1. The third-order valence-electron chi connectivity index (χ3n) is 3.38. The lowest BCUT2D eigenvalue weighted by atomic mass is 10.1. The van der Waals surface area contributed by atoms with Crippen molar-refractivity contribution in [1.29, 1.82) is 0 Å². The molecule has 0 spiro atoms. The number of carbonyl (C=O) groups excluding carboxylic acids is 1. The molecule has 4 nitrogen and oxygen atoms in total. The summed E-state index contributed by atoms with van der Waals surface area (Å²) in [6, 6.07) is 10.0. The number of halogens is 2. The predicted octanol–water partition coefficient (Wildman–Crippen LogP) is 3.53. The summed E-state index contributed by atoms with van der Waals surface area (Å²) in [5.41, 5.74) is 1.38.